The fraction of sp³-hybridized carbons (Fsp3) is 0.350. The molecule has 7 nitrogen and oxygen atoms in total. The van der Waals surface area contributed by atoms with Crippen molar-refractivity contribution in [2.45, 2.75) is 29.9 Å². The van der Waals surface area contributed by atoms with Crippen molar-refractivity contribution in [3.8, 4) is 5.75 Å². The summed E-state index contributed by atoms with van der Waals surface area (Å²) in [6, 6.07) is 15.4. The zero-order chi connectivity index (χ0) is 19.8. The van der Waals surface area contributed by atoms with Gasteiger partial charge in [-0.25, -0.2) is 8.42 Å². The van der Waals surface area contributed by atoms with Crippen LogP contribution in [0.1, 0.15) is 18.4 Å². The summed E-state index contributed by atoms with van der Waals surface area (Å²) in [4.78, 5) is 14.5. The van der Waals surface area contributed by atoms with E-state index in [2.05, 4.69) is 5.32 Å². The number of phenols is 1. The first-order valence-electron chi connectivity index (χ1n) is 9.29. The molecule has 0 aromatic heterocycles. The van der Waals surface area contributed by atoms with E-state index in [1.807, 2.05) is 35.2 Å². The molecule has 148 valence electrons. The second kappa shape index (κ2) is 7.20. The van der Waals surface area contributed by atoms with Crippen LogP contribution in [-0.2, 0) is 21.4 Å². The third-order valence-electron chi connectivity index (χ3n) is 5.59. The van der Waals surface area contributed by atoms with Gasteiger partial charge >= 0.3 is 0 Å². The maximum atomic E-state index is 12.9. The van der Waals surface area contributed by atoms with Crippen molar-refractivity contribution in [3.63, 3.8) is 0 Å². The average molecular weight is 401 g/mol. The van der Waals surface area contributed by atoms with Crippen LogP contribution in [0.3, 0.4) is 0 Å². The molecule has 28 heavy (non-hydrogen) atoms. The Hall–Kier alpha value is -2.42. The minimum Gasteiger partial charge on any atom is -0.508 e. The number of nitrogens with zero attached hydrogens (tertiary/aromatic N) is 2. The molecule has 2 aliphatic heterocycles. The molecule has 2 N–H and O–H groups in total. The molecular formula is C20H23N3O4S. The Bertz CT molecular complexity index is 953. The van der Waals surface area contributed by atoms with Crippen LogP contribution in [0.2, 0.25) is 0 Å². The maximum absolute atomic E-state index is 12.9. The van der Waals surface area contributed by atoms with Crippen molar-refractivity contribution in [2.75, 3.05) is 19.6 Å². The highest BCUT2D eigenvalue weighted by atomic mass is 32.2. The summed E-state index contributed by atoms with van der Waals surface area (Å²) in [5.41, 5.74) is 0.548. The van der Waals surface area contributed by atoms with Gasteiger partial charge in [-0.2, -0.15) is 4.31 Å². The van der Waals surface area contributed by atoms with Gasteiger partial charge in [-0.15, -0.1) is 0 Å². The number of piperidine rings is 1. The number of amides is 1. The van der Waals surface area contributed by atoms with Crippen LogP contribution >= 0.6 is 0 Å². The molecule has 8 heteroatoms. The standard InChI is InChI=1S/C20H23N3O4S/c24-17-6-8-18(9-7-17)28(26,27)22-12-10-20(11-13-22)21-14-19(25)23(20)15-16-4-2-1-3-5-16/h1-9,21,24H,10-15H2. The summed E-state index contributed by atoms with van der Waals surface area (Å²) in [6.07, 6.45) is 1.06. The molecule has 2 aliphatic rings. The van der Waals surface area contributed by atoms with Gasteiger partial charge in [0.15, 0.2) is 0 Å². The van der Waals surface area contributed by atoms with Crippen LogP contribution in [0.15, 0.2) is 59.5 Å². The summed E-state index contributed by atoms with van der Waals surface area (Å²) in [7, 11) is -3.62. The van der Waals surface area contributed by atoms with Crippen LogP contribution in [0.25, 0.3) is 0 Å². The minimum atomic E-state index is -3.62. The van der Waals surface area contributed by atoms with Crippen LogP contribution in [0, 0.1) is 0 Å². The van der Waals surface area contributed by atoms with Crippen molar-refractivity contribution in [1.82, 2.24) is 14.5 Å². The lowest BCUT2D eigenvalue weighted by atomic mass is 9.96. The van der Waals surface area contributed by atoms with Crippen molar-refractivity contribution in [2.24, 2.45) is 0 Å². The van der Waals surface area contributed by atoms with Gasteiger partial charge < -0.3 is 10.0 Å². The molecule has 0 radical (unpaired) electrons. The Balaban J connectivity index is 1.50. The molecule has 2 saturated heterocycles. The minimum absolute atomic E-state index is 0.0294. The number of hydrogen-bond donors (Lipinski definition) is 2. The maximum Gasteiger partial charge on any atom is 0.243 e. The molecular weight excluding hydrogens is 378 g/mol. The first kappa shape index (κ1) is 18.9. The van der Waals surface area contributed by atoms with Crippen molar-refractivity contribution >= 4 is 15.9 Å². The van der Waals surface area contributed by atoms with E-state index in [0.717, 1.165) is 5.56 Å². The number of phenolic OH excluding ortho intramolecular Hbond substituents is 1. The van der Waals surface area contributed by atoms with Gasteiger partial charge in [-0.3, -0.25) is 10.1 Å². The molecule has 1 spiro atoms. The van der Waals surface area contributed by atoms with Gasteiger partial charge in [0.05, 0.1) is 17.1 Å². The number of carbonyl (C=O) groups is 1. The highest BCUT2D eigenvalue weighted by molar-refractivity contribution is 7.89. The molecule has 0 bridgehead atoms. The Kier molecular flexibility index (Phi) is 4.86. The fourth-order valence-electron chi connectivity index (χ4n) is 3.99. The average Bonchev–Trinajstić information content (AvgIpc) is 2.99. The lowest BCUT2D eigenvalue weighted by Gasteiger charge is -2.44. The second-order valence-electron chi connectivity index (χ2n) is 7.25. The zero-order valence-corrected chi connectivity index (χ0v) is 16.2. The number of benzene rings is 2. The normalized spacial score (nSPS) is 20.0. The van der Waals surface area contributed by atoms with Crippen LogP contribution in [0.4, 0.5) is 0 Å². The number of hydrogen-bond acceptors (Lipinski definition) is 5. The summed E-state index contributed by atoms with van der Waals surface area (Å²) in [5.74, 6) is 0.0699. The summed E-state index contributed by atoms with van der Waals surface area (Å²) < 4.78 is 27.2. The van der Waals surface area contributed by atoms with E-state index in [0.29, 0.717) is 32.5 Å². The second-order valence-corrected chi connectivity index (χ2v) is 9.19. The van der Waals surface area contributed by atoms with E-state index < -0.39 is 15.7 Å². The molecule has 2 heterocycles. The lowest BCUT2D eigenvalue weighted by Crippen LogP contribution is -2.58. The zero-order valence-electron chi connectivity index (χ0n) is 15.4. The largest absolute Gasteiger partial charge is 0.508 e. The van der Waals surface area contributed by atoms with Gasteiger partial charge in [0, 0.05) is 19.6 Å². The Morgan fingerprint density at radius 2 is 1.64 bits per heavy atom. The summed E-state index contributed by atoms with van der Waals surface area (Å²) in [5, 5.41) is 12.7. The predicted molar refractivity (Wildman–Crippen MR) is 104 cm³/mol. The topological polar surface area (TPSA) is 90.0 Å². The van der Waals surface area contributed by atoms with Gasteiger partial charge in [-0.05, 0) is 42.7 Å². The number of rotatable bonds is 4. The Morgan fingerprint density at radius 1 is 1.00 bits per heavy atom. The summed E-state index contributed by atoms with van der Waals surface area (Å²) >= 11 is 0. The molecule has 1 amide bonds. The van der Waals surface area contributed by atoms with E-state index in [9.17, 15) is 18.3 Å². The quantitative estimate of drug-likeness (QED) is 0.811. The van der Waals surface area contributed by atoms with Gasteiger partial charge in [0.25, 0.3) is 0 Å². The third kappa shape index (κ3) is 3.39. The highest BCUT2D eigenvalue weighted by Crippen LogP contribution is 2.33. The molecule has 2 aromatic carbocycles. The fourth-order valence-corrected chi connectivity index (χ4v) is 5.43. The van der Waals surface area contributed by atoms with Gasteiger partial charge in [0.1, 0.15) is 5.75 Å². The van der Waals surface area contributed by atoms with Crippen LogP contribution in [-0.4, -0.2) is 53.9 Å². The predicted octanol–water partition coefficient (Wildman–Crippen LogP) is 1.50. The SMILES string of the molecule is O=C1CNC2(CCN(S(=O)(=O)c3ccc(O)cc3)CC2)N1Cc1ccccc1. The lowest BCUT2D eigenvalue weighted by molar-refractivity contribution is -0.132. The van der Waals surface area contributed by atoms with Crippen LogP contribution < -0.4 is 5.32 Å². The number of carbonyl (C=O) groups excluding carboxylic acids is 1. The Morgan fingerprint density at radius 3 is 2.29 bits per heavy atom. The molecule has 2 aromatic rings. The first-order valence-corrected chi connectivity index (χ1v) is 10.7. The third-order valence-corrected chi connectivity index (χ3v) is 7.51. The molecule has 2 fully saturated rings. The van der Waals surface area contributed by atoms with E-state index in [4.69, 9.17) is 0 Å². The van der Waals surface area contributed by atoms with E-state index in [-0.39, 0.29) is 23.1 Å². The monoisotopic (exact) mass is 401 g/mol. The van der Waals surface area contributed by atoms with Crippen molar-refractivity contribution in [1.29, 1.82) is 0 Å². The van der Waals surface area contributed by atoms with Gasteiger partial charge in [-0.1, -0.05) is 30.3 Å². The molecule has 0 unspecified atom stereocenters. The molecule has 0 atom stereocenters. The molecule has 4 rings (SSSR count). The van der Waals surface area contributed by atoms with Gasteiger partial charge in [0.2, 0.25) is 15.9 Å². The smallest absolute Gasteiger partial charge is 0.243 e. The Labute approximate surface area is 164 Å². The highest BCUT2D eigenvalue weighted by Gasteiger charge is 2.48. The number of nitrogens with one attached hydrogen (secondary N) is 1. The van der Waals surface area contributed by atoms with Crippen LogP contribution in [0.5, 0.6) is 5.75 Å². The number of sulfonamides is 1. The van der Waals surface area contributed by atoms with Crippen molar-refractivity contribution in [3.05, 3.63) is 60.2 Å². The number of aromatic hydroxyl groups is 1. The summed E-state index contributed by atoms with van der Waals surface area (Å²) in [6.45, 7) is 1.44. The van der Waals surface area contributed by atoms with Crippen molar-refractivity contribution < 1.29 is 18.3 Å². The molecule has 0 saturated carbocycles. The van der Waals surface area contributed by atoms with E-state index in [1.54, 1.807) is 0 Å². The van der Waals surface area contributed by atoms with E-state index >= 15 is 0 Å². The first-order chi connectivity index (χ1) is 13.4. The van der Waals surface area contributed by atoms with E-state index in [1.165, 1.54) is 28.6 Å². The molecule has 0 aliphatic carbocycles.